The van der Waals surface area contributed by atoms with Crippen LogP contribution in [0.1, 0.15) is 218 Å². The van der Waals surface area contributed by atoms with Crippen molar-refractivity contribution >= 4 is 25.7 Å². The fraction of sp³-hybridized carbons (Fsp3) is 0.477. The van der Waals surface area contributed by atoms with Gasteiger partial charge >= 0.3 is 25.7 Å². The molecule has 0 amide bonds. The van der Waals surface area contributed by atoms with E-state index in [1.807, 2.05) is 237 Å². The van der Waals surface area contributed by atoms with Gasteiger partial charge in [0.1, 0.15) is 74.3 Å². The summed E-state index contributed by atoms with van der Waals surface area (Å²) < 4.78 is 131. The lowest BCUT2D eigenvalue weighted by Crippen LogP contribution is -2.69. The first-order valence-electron chi connectivity index (χ1n) is 48.2. The molecule has 714 valence electrons. The SMILES string of the molecule is CCCCCCCCCCCCCC(=O)OC[C@H](COP(=O)(OCc1ccccc1)O[C@@H]1[C@@H](OC[C@@H](N=[N+]=[N-])C(=O)OCc2ccccc2)[C@H](OCc2ccccc2)[C@@H](OCc2ccccc2)[C@H](OCc2ccccc2)[C@@H]1O[C@H]1O[C@H](COCc2ccccc2)[C@@H](OCc2ccccc2)[C@H](OCc2ccccc2)[C@@H]1OCc1ccccc1)OC(=O)CCCCCCCCCCCCC. The van der Waals surface area contributed by atoms with Gasteiger partial charge in [0, 0.05) is 17.8 Å². The first-order valence-corrected chi connectivity index (χ1v) is 49.6. The number of rotatable bonds is 66. The molecule has 2 aliphatic rings. The van der Waals surface area contributed by atoms with E-state index in [1.165, 1.54) is 70.6 Å². The third-order valence-corrected chi connectivity index (χ3v) is 25.1. The molecular formula is C109H138N3O20P. The molecule has 1 saturated heterocycles. The average molecular weight is 1840 g/mol. The largest absolute Gasteiger partial charge is 0.475 e. The van der Waals surface area contributed by atoms with Crippen LogP contribution in [-0.2, 0) is 154 Å². The summed E-state index contributed by atoms with van der Waals surface area (Å²) in [4.78, 5) is 46.6. The Morgan fingerprint density at radius 2 is 0.662 bits per heavy atom. The molecule has 9 aromatic carbocycles. The first kappa shape index (κ1) is 104. The molecule has 11 rings (SSSR count). The minimum atomic E-state index is -5.41. The number of carbonyl (C=O) groups excluding carboxylic acids is 3. The van der Waals surface area contributed by atoms with Crippen LogP contribution in [-0.4, -0.2) is 124 Å². The number of azide groups is 1. The molecule has 24 heteroatoms. The van der Waals surface area contributed by atoms with Crippen LogP contribution in [0.25, 0.3) is 10.4 Å². The third-order valence-electron chi connectivity index (χ3n) is 23.7. The molecular weight excluding hydrogens is 1700 g/mol. The molecule has 0 aromatic heterocycles. The lowest BCUT2D eigenvalue weighted by atomic mass is 9.83. The highest BCUT2D eigenvalue weighted by molar-refractivity contribution is 7.48. The standard InChI is InChI=1S/C109H138N3O20P/c1-3-5-7-9-11-13-15-17-19-21-50-70-97(113)118-81-94(129-98(114)71-51-22-20-18-16-14-12-10-8-6-4-2)82-128-133(116,127-80-93-68-48-31-49-69-93)132-106-104(125-83-95(111-112-110)108(115)126-79-92-66-46-30-47-67-92)102(122-76-89-60-40-27-41-61-89)101(121-75-88-58-38-26-39-59-88)103(123-77-90-62-42-28-43-63-90)105(106)131-109-107(124-78-91-64-44-29-45-65-91)100(120-74-87-56-36-25-37-57-87)99(119-73-86-54-34-24-35-55-86)96(130-109)84-117-72-85-52-32-23-33-53-85/h23-49,52-69,94-96,99-107,109H,3-22,50-51,70-84H2,1-2H3/t94-,95-,96-,99-,100+,101-,102-,103+,104+,105+,106-,107+,109-,133?/m1/s1. The maximum Gasteiger partial charge on any atom is 0.475 e. The molecule has 2 fully saturated rings. The minimum Gasteiger partial charge on any atom is -0.462 e. The van der Waals surface area contributed by atoms with Crippen LogP contribution >= 0.6 is 7.82 Å². The number of phosphoric ester groups is 1. The lowest BCUT2D eigenvalue weighted by Gasteiger charge is -2.52. The predicted molar refractivity (Wildman–Crippen MR) is 511 cm³/mol. The van der Waals surface area contributed by atoms with E-state index < -0.39 is 132 Å². The molecule has 0 N–H and O–H groups in total. The molecule has 1 unspecified atom stereocenters. The quantitative estimate of drug-likeness (QED) is 0.00652. The number of nitrogens with zero attached hydrogens (tertiary/aromatic N) is 3. The van der Waals surface area contributed by atoms with Crippen LogP contribution in [0.4, 0.5) is 0 Å². The smallest absolute Gasteiger partial charge is 0.462 e. The summed E-state index contributed by atoms with van der Waals surface area (Å²) in [6.45, 7) is 1.73. The van der Waals surface area contributed by atoms with Crippen molar-refractivity contribution < 1.29 is 94.1 Å². The second kappa shape index (κ2) is 61.4. The van der Waals surface area contributed by atoms with Gasteiger partial charge < -0.3 is 61.6 Å². The number of carbonyl (C=O) groups is 3. The van der Waals surface area contributed by atoms with E-state index in [2.05, 4.69) is 23.9 Å². The number of ether oxygens (including phenoxy) is 13. The van der Waals surface area contributed by atoms with Gasteiger partial charge in [0.15, 0.2) is 18.4 Å². The molecule has 1 aliphatic heterocycles. The van der Waals surface area contributed by atoms with Gasteiger partial charge in [0.25, 0.3) is 0 Å². The van der Waals surface area contributed by atoms with Crippen molar-refractivity contribution in [2.75, 3.05) is 26.4 Å². The number of esters is 3. The zero-order chi connectivity index (χ0) is 92.6. The van der Waals surface area contributed by atoms with Crippen LogP contribution < -0.4 is 0 Å². The van der Waals surface area contributed by atoms with Gasteiger partial charge in [-0.25, -0.2) is 4.57 Å². The van der Waals surface area contributed by atoms with E-state index in [-0.39, 0.29) is 72.3 Å². The van der Waals surface area contributed by atoms with E-state index in [4.69, 9.17) is 75.2 Å². The van der Waals surface area contributed by atoms with Crippen molar-refractivity contribution in [1.29, 1.82) is 0 Å². The Bertz CT molecular complexity index is 4700. The van der Waals surface area contributed by atoms with Crippen LogP contribution in [0.2, 0.25) is 0 Å². The molecule has 0 radical (unpaired) electrons. The predicted octanol–water partition coefficient (Wildman–Crippen LogP) is 24.2. The van der Waals surface area contributed by atoms with Gasteiger partial charge in [-0.05, 0) is 68.4 Å². The zero-order valence-electron chi connectivity index (χ0n) is 77.6. The Labute approximate surface area is 787 Å². The van der Waals surface area contributed by atoms with E-state index in [1.54, 1.807) is 36.4 Å². The summed E-state index contributed by atoms with van der Waals surface area (Å²) in [6.07, 6.45) is 6.81. The maximum absolute atomic E-state index is 17.5. The van der Waals surface area contributed by atoms with Crippen LogP contribution in [0.3, 0.4) is 0 Å². The number of hydrogen-bond acceptors (Lipinski definition) is 21. The summed E-state index contributed by atoms with van der Waals surface area (Å²) in [7, 11) is -5.41. The third kappa shape index (κ3) is 38.2. The summed E-state index contributed by atoms with van der Waals surface area (Å²) in [5, 5.41) is 4.04. The molecule has 14 atom stereocenters. The molecule has 1 saturated carbocycles. The molecule has 0 spiro atoms. The van der Waals surface area contributed by atoms with Crippen molar-refractivity contribution in [2.45, 2.75) is 307 Å². The van der Waals surface area contributed by atoms with E-state index in [9.17, 15) is 19.9 Å². The molecule has 9 aromatic rings. The number of benzene rings is 9. The minimum absolute atomic E-state index is 0.0275. The molecule has 1 heterocycles. The average Bonchev–Trinajstić information content (AvgIpc) is 0.745. The highest BCUT2D eigenvalue weighted by Gasteiger charge is 2.60. The summed E-state index contributed by atoms with van der Waals surface area (Å²) in [5.41, 5.74) is 17.3. The normalized spacial score (nSPS) is 19.8. The maximum atomic E-state index is 17.5. The van der Waals surface area contributed by atoms with Crippen LogP contribution in [0, 0.1) is 0 Å². The highest BCUT2D eigenvalue weighted by Crippen LogP contribution is 2.55. The monoisotopic (exact) mass is 1840 g/mol. The Kier molecular flexibility index (Phi) is 48.0. The van der Waals surface area contributed by atoms with Crippen molar-refractivity contribution in [2.24, 2.45) is 5.11 Å². The summed E-state index contributed by atoms with van der Waals surface area (Å²) in [6, 6.07) is 83.6. The second-order valence-electron chi connectivity index (χ2n) is 34.3. The lowest BCUT2D eigenvalue weighted by molar-refractivity contribution is -0.362. The Morgan fingerprint density at radius 3 is 1.05 bits per heavy atom. The zero-order valence-corrected chi connectivity index (χ0v) is 78.5. The van der Waals surface area contributed by atoms with E-state index in [0.29, 0.717) is 29.5 Å². The molecule has 23 nitrogen and oxygen atoms in total. The summed E-state index contributed by atoms with van der Waals surface area (Å²) >= 11 is 0. The second-order valence-corrected chi connectivity index (χ2v) is 35.9. The van der Waals surface area contributed by atoms with Crippen molar-refractivity contribution in [3.8, 4) is 0 Å². The van der Waals surface area contributed by atoms with Crippen molar-refractivity contribution in [3.63, 3.8) is 0 Å². The number of unbranched alkanes of at least 4 members (excludes halogenated alkanes) is 20. The highest BCUT2D eigenvalue weighted by atomic mass is 31.2. The Morgan fingerprint density at radius 1 is 0.338 bits per heavy atom. The fourth-order valence-corrected chi connectivity index (χ4v) is 17.7. The number of hydrogen-bond donors (Lipinski definition) is 0. The van der Waals surface area contributed by atoms with Crippen molar-refractivity contribution in [1.82, 2.24) is 0 Å². The topological polar surface area (TPSA) is 265 Å². The van der Waals surface area contributed by atoms with Gasteiger partial charge in [-0.2, -0.15) is 0 Å². The van der Waals surface area contributed by atoms with E-state index >= 15 is 4.57 Å². The van der Waals surface area contributed by atoms with Gasteiger partial charge in [-0.1, -0.05) is 420 Å². The number of phosphoric acid groups is 1. The van der Waals surface area contributed by atoms with Crippen LogP contribution in [0.15, 0.2) is 278 Å². The molecule has 133 heavy (non-hydrogen) atoms. The Hall–Kier alpha value is -9.59. The Balaban J connectivity index is 1.06. The van der Waals surface area contributed by atoms with Gasteiger partial charge in [0.05, 0.1) is 72.7 Å². The van der Waals surface area contributed by atoms with Gasteiger partial charge in [0.2, 0.25) is 0 Å². The van der Waals surface area contributed by atoms with Gasteiger partial charge in [-0.15, -0.1) is 0 Å². The van der Waals surface area contributed by atoms with Crippen molar-refractivity contribution in [3.05, 3.63) is 334 Å². The fourth-order valence-electron chi connectivity index (χ4n) is 16.3. The van der Waals surface area contributed by atoms with E-state index in [0.717, 1.165) is 91.2 Å². The van der Waals surface area contributed by atoms with Gasteiger partial charge in [-0.3, -0.25) is 28.0 Å². The molecule has 0 bridgehead atoms. The van der Waals surface area contributed by atoms with Crippen LogP contribution in [0.5, 0.6) is 0 Å². The first-order chi connectivity index (χ1) is 65.5. The summed E-state index contributed by atoms with van der Waals surface area (Å²) in [5.74, 6) is -2.05. The molecule has 1 aliphatic carbocycles.